The van der Waals surface area contributed by atoms with Gasteiger partial charge in [-0.15, -0.1) is 0 Å². The molecule has 0 saturated carbocycles. The molecule has 0 atom stereocenters. The zero-order chi connectivity index (χ0) is 11.8. The number of hydrogen-bond donors (Lipinski definition) is 0. The summed E-state index contributed by atoms with van der Waals surface area (Å²) in [6.45, 7) is 2.80. The summed E-state index contributed by atoms with van der Waals surface area (Å²) in [5.74, 6) is 0.547. The summed E-state index contributed by atoms with van der Waals surface area (Å²) in [6.07, 6.45) is 1.13. The fraction of sp³-hybridized carbons (Fsp3) is 0.417. The van der Waals surface area contributed by atoms with Crippen LogP contribution in [0.4, 0.5) is 0 Å². The second kappa shape index (κ2) is 7.28. The van der Waals surface area contributed by atoms with E-state index in [9.17, 15) is 4.79 Å². The highest BCUT2D eigenvalue weighted by Crippen LogP contribution is 2.16. The van der Waals surface area contributed by atoms with Gasteiger partial charge in [0.1, 0.15) is 5.75 Å². The summed E-state index contributed by atoms with van der Waals surface area (Å²) in [4.78, 5) is 11.1. The Labute approximate surface area is 104 Å². The standard InChI is InChI=1S/C12H15BrO3/c1-2-8-16-12(14)7-9-15-11-5-3-10(13)4-6-11/h3-6H,2,7-9H2,1H3. The van der Waals surface area contributed by atoms with Crippen LogP contribution in [0.15, 0.2) is 28.7 Å². The van der Waals surface area contributed by atoms with Crippen LogP contribution < -0.4 is 4.74 Å². The van der Waals surface area contributed by atoms with E-state index in [1.807, 2.05) is 31.2 Å². The maximum Gasteiger partial charge on any atom is 0.309 e. The summed E-state index contributed by atoms with van der Waals surface area (Å²) >= 11 is 3.34. The fourth-order valence-electron chi connectivity index (χ4n) is 1.07. The SMILES string of the molecule is CCCOC(=O)CCOc1ccc(Br)cc1. The van der Waals surface area contributed by atoms with Gasteiger partial charge in [-0.3, -0.25) is 4.79 Å². The molecule has 0 saturated heterocycles. The molecule has 0 amide bonds. The van der Waals surface area contributed by atoms with Crippen molar-refractivity contribution in [3.05, 3.63) is 28.7 Å². The number of halogens is 1. The molecule has 1 aromatic rings. The Balaban J connectivity index is 2.20. The zero-order valence-corrected chi connectivity index (χ0v) is 10.8. The Bertz CT molecular complexity index is 322. The molecular formula is C12H15BrO3. The molecule has 88 valence electrons. The topological polar surface area (TPSA) is 35.5 Å². The molecule has 0 fully saturated rings. The first-order chi connectivity index (χ1) is 7.72. The number of carbonyl (C=O) groups is 1. The summed E-state index contributed by atoms with van der Waals surface area (Å²) in [5, 5.41) is 0. The summed E-state index contributed by atoms with van der Waals surface area (Å²) in [5.41, 5.74) is 0. The van der Waals surface area contributed by atoms with Gasteiger partial charge in [-0.1, -0.05) is 22.9 Å². The lowest BCUT2D eigenvalue weighted by Crippen LogP contribution is -2.10. The second-order valence-electron chi connectivity index (χ2n) is 3.27. The van der Waals surface area contributed by atoms with Gasteiger partial charge in [0.25, 0.3) is 0 Å². The van der Waals surface area contributed by atoms with Crippen LogP contribution in [-0.2, 0) is 9.53 Å². The van der Waals surface area contributed by atoms with E-state index in [1.54, 1.807) is 0 Å². The Hall–Kier alpha value is -1.03. The minimum absolute atomic E-state index is 0.209. The van der Waals surface area contributed by atoms with Gasteiger partial charge in [-0.25, -0.2) is 0 Å². The third-order valence-corrected chi connectivity index (χ3v) is 2.38. The summed E-state index contributed by atoms with van der Waals surface area (Å²) in [7, 11) is 0. The van der Waals surface area contributed by atoms with Crippen LogP contribution in [0, 0.1) is 0 Å². The summed E-state index contributed by atoms with van der Waals surface area (Å²) < 4.78 is 11.3. The van der Waals surface area contributed by atoms with Crippen molar-refractivity contribution >= 4 is 21.9 Å². The number of carbonyl (C=O) groups excluding carboxylic acids is 1. The van der Waals surface area contributed by atoms with E-state index >= 15 is 0 Å². The third-order valence-electron chi connectivity index (χ3n) is 1.86. The predicted octanol–water partition coefficient (Wildman–Crippen LogP) is 3.17. The quantitative estimate of drug-likeness (QED) is 0.754. The number of benzene rings is 1. The number of esters is 1. The first-order valence-electron chi connectivity index (χ1n) is 5.26. The lowest BCUT2D eigenvalue weighted by Gasteiger charge is -2.06. The normalized spacial score (nSPS) is 9.88. The van der Waals surface area contributed by atoms with Crippen LogP contribution in [0.25, 0.3) is 0 Å². The third kappa shape index (κ3) is 5.16. The Morgan fingerprint density at radius 2 is 1.94 bits per heavy atom. The first-order valence-corrected chi connectivity index (χ1v) is 6.05. The molecule has 0 unspecified atom stereocenters. The average Bonchev–Trinajstić information content (AvgIpc) is 2.29. The lowest BCUT2D eigenvalue weighted by molar-refractivity contribution is -0.144. The molecule has 0 radical (unpaired) electrons. The van der Waals surface area contributed by atoms with E-state index < -0.39 is 0 Å². The molecule has 0 aromatic heterocycles. The second-order valence-corrected chi connectivity index (χ2v) is 4.19. The number of hydrogen-bond acceptors (Lipinski definition) is 3. The summed E-state index contributed by atoms with van der Waals surface area (Å²) in [6, 6.07) is 7.48. The van der Waals surface area contributed by atoms with Gasteiger partial charge in [0, 0.05) is 4.47 Å². The van der Waals surface area contributed by atoms with Gasteiger partial charge < -0.3 is 9.47 Å². The largest absolute Gasteiger partial charge is 0.493 e. The smallest absolute Gasteiger partial charge is 0.309 e. The lowest BCUT2D eigenvalue weighted by atomic mass is 10.3. The Kier molecular flexibility index (Phi) is 5.93. The molecule has 0 bridgehead atoms. The molecule has 0 aliphatic carbocycles. The van der Waals surface area contributed by atoms with Gasteiger partial charge in [0.15, 0.2) is 0 Å². The van der Waals surface area contributed by atoms with Gasteiger partial charge in [-0.05, 0) is 30.7 Å². The molecular weight excluding hydrogens is 272 g/mol. The van der Waals surface area contributed by atoms with Crippen LogP contribution >= 0.6 is 15.9 Å². The van der Waals surface area contributed by atoms with E-state index in [2.05, 4.69) is 15.9 Å². The van der Waals surface area contributed by atoms with Crippen LogP contribution in [0.5, 0.6) is 5.75 Å². The highest BCUT2D eigenvalue weighted by molar-refractivity contribution is 9.10. The van der Waals surface area contributed by atoms with Crippen molar-refractivity contribution in [1.82, 2.24) is 0 Å². The van der Waals surface area contributed by atoms with E-state index in [4.69, 9.17) is 9.47 Å². The monoisotopic (exact) mass is 286 g/mol. The number of rotatable bonds is 6. The minimum atomic E-state index is -0.209. The Morgan fingerprint density at radius 3 is 2.56 bits per heavy atom. The van der Waals surface area contributed by atoms with Crippen molar-refractivity contribution in [2.45, 2.75) is 19.8 Å². The highest BCUT2D eigenvalue weighted by atomic mass is 79.9. The van der Waals surface area contributed by atoms with Crippen LogP contribution in [0.1, 0.15) is 19.8 Å². The van der Waals surface area contributed by atoms with Crippen molar-refractivity contribution in [2.24, 2.45) is 0 Å². The molecule has 4 heteroatoms. The highest BCUT2D eigenvalue weighted by Gasteiger charge is 2.02. The van der Waals surface area contributed by atoms with Crippen LogP contribution in [-0.4, -0.2) is 19.2 Å². The van der Waals surface area contributed by atoms with Crippen molar-refractivity contribution in [1.29, 1.82) is 0 Å². The fourth-order valence-corrected chi connectivity index (χ4v) is 1.34. The zero-order valence-electron chi connectivity index (χ0n) is 9.24. The molecule has 1 aromatic carbocycles. The van der Waals surface area contributed by atoms with Crippen molar-refractivity contribution < 1.29 is 14.3 Å². The van der Waals surface area contributed by atoms with Crippen molar-refractivity contribution in [3.8, 4) is 5.75 Å². The van der Waals surface area contributed by atoms with Crippen LogP contribution in [0.2, 0.25) is 0 Å². The molecule has 0 aliphatic heterocycles. The number of ether oxygens (including phenoxy) is 2. The van der Waals surface area contributed by atoms with E-state index in [1.165, 1.54) is 0 Å². The maximum atomic E-state index is 11.1. The van der Waals surface area contributed by atoms with Gasteiger partial charge >= 0.3 is 5.97 Å². The average molecular weight is 287 g/mol. The minimum Gasteiger partial charge on any atom is -0.493 e. The van der Waals surface area contributed by atoms with E-state index in [-0.39, 0.29) is 12.4 Å². The first kappa shape index (κ1) is 13.0. The maximum absolute atomic E-state index is 11.1. The van der Waals surface area contributed by atoms with E-state index in [0.717, 1.165) is 16.6 Å². The van der Waals surface area contributed by atoms with Gasteiger partial charge in [0.05, 0.1) is 19.6 Å². The molecule has 16 heavy (non-hydrogen) atoms. The molecule has 1 rings (SSSR count). The van der Waals surface area contributed by atoms with Crippen LogP contribution in [0.3, 0.4) is 0 Å². The molecule has 0 aliphatic rings. The molecule has 0 spiro atoms. The van der Waals surface area contributed by atoms with Gasteiger partial charge in [-0.2, -0.15) is 0 Å². The molecule has 0 N–H and O–H groups in total. The van der Waals surface area contributed by atoms with Gasteiger partial charge in [0.2, 0.25) is 0 Å². The van der Waals surface area contributed by atoms with Crippen molar-refractivity contribution in [3.63, 3.8) is 0 Å². The Morgan fingerprint density at radius 1 is 1.25 bits per heavy atom. The van der Waals surface area contributed by atoms with E-state index in [0.29, 0.717) is 13.2 Å². The molecule has 3 nitrogen and oxygen atoms in total. The molecule has 0 heterocycles. The van der Waals surface area contributed by atoms with Crippen molar-refractivity contribution in [2.75, 3.05) is 13.2 Å². The predicted molar refractivity (Wildman–Crippen MR) is 65.5 cm³/mol.